The lowest BCUT2D eigenvalue weighted by atomic mass is 10.4. The van der Waals surface area contributed by atoms with Crippen molar-refractivity contribution in [2.24, 2.45) is 0 Å². The molecule has 0 radical (unpaired) electrons. The summed E-state index contributed by atoms with van der Waals surface area (Å²) < 4.78 is 30.2. The van der Waals surface area contributed by atoms with Crippen molar-refractivity contribution in [2.75, 3.05) is 29.9 Å². The third-order valence-corrected chi connectivity index (χ3v) is 3.34. The molecule has 92 valence electrons. The van der Waals surface area contributed by atoms with Gasteiger partial charge in [0, 0.05) is 13.7 Å². The molecule has 1 rings (SSSR count). The lowest BCUT2D eigenvalue weighted by Gasteiger charge is -2.05. The molecular formula is C8H16N4O3S. The Labute approximate surface area is 94.4 Å². The van der Waals surface area contributed by atoms with E-state index in [1.807, 2.05) is 0 Å². The van der Waals surface area contributed by atoms with Gasteiger partial charge in [-0.05, 0) is 13.3 Å². The molecule has 1 aromatic heterocycles. The van der Waals surface area contributed by atoms with E-state index >= 15 is 0 Å². The van der Waals surface area contributed by atoms with Crippen LogP contribution in [-0.2, 0) is 14.8 Å². The highest BCUT2D eigenvalue weighted by atomic mass is 32.2. The van der Waals surface area contributed by atoms with Crippen LogP contribution in [0.5, 0.6) is 0 Å². The number of H-pyrrole nitrogens is 1. The molecular weight excluding hydrogens is 232 g/mol. The second-order valence-electron chi connectivity index (χ2n) is 3.38. The van der Waals surface area contributed by atoms with Gasteiger partial charge in [-0.3, -0.25) is 9.82 Å². The molecule has 0 saturated heterocycles. The van der Waals surface area contributed by atoms with E-state index in [-0.39, 0.29) is 11.6 Å². The molecule has 0 fully saturated rings. The molecule has 0 aromatic carbocycles. The highest BCUT2D eigenvalue weighted by molar-refractivity contribution is 7.92. The number of nitrogens with zero attached hydrogens (tertiary/aromatic N) is 1. The number of methoxy groups -OCH3 is 1. The quantitative estimate of drug-likeness (QED) is 0.617. The summed E-state index contributed by atoms with van der Waals surface area (Å²) >= 11 is 0. The number of aryl methyl sites for hydroxylation is 1. The van der Waals surface area contributed by atoms with Crippen LogP contribution in [0.25, 0.3) is 0 Å². The van der Waals surface area contributed by atoms with Crippen LogP contribution in [-0.4, -0.2) is 38.1 Å². The lowest BCUT2D eigenvalue weighted by Crippen LogP contribution is -2.18. The molecule has 0 unspecified atom stereocenters. The van der Waals surface area contributed by atoms with Gasteiger partial charge < -0.3 is 10.5 Å². The Morgan fingerprint density at radius 3 is 2.75 bits per heavy atom. The third-order valence-electron chi connectivity index (χ3n) is 2.01. The number of nitrogen functional groups attached to an aromatic ring is 1. The Morgan fingerprint density at radius 2 is 2.25 bits per heavy atom. The zero-order chi connectivity index (χ0) is 12.2. The van der Waals surface area contributed by atoms with Gasteiger partial charge in [-0.15, -0.1) is 0 Å². The standard InChI is InChI=1S/C8H16N4O3S/c1-6-7(9)8(11-10-6)12-16(13,14)5-3-4-15-2/h3-5,9H2,1-2H3,(H2,10,11,12). The molecule has 7 nitrogen and oxygen atoms in total. The smallest absolute Gasteiger partial charge is 0.234 e. The van der Waals surface area contributed by atoms with Crippen LogP contribution in [0.4, 0.5) is 11.5 Å². The molecule has 16 heavy (non-hydrogen) atoms. The van der Waals surface area contributed by atoms with Crippen LogP contribution in [0, 0.1) is 6.92 Å². The molecule has 0 aliphatic heterocycles. The van der Waals surface area contributed by atoms with Crippen molar-refractivity contribution in [2.45, 2.75) is 13.3 Å². The maximum Gasteiger partial charge on any atom is 0.234 e. The fourth-order valence-corrected chi connectivity index (χ4v) is 2.16. The molecule has 0 spiro atoms. The molecule has 0 bridgehead atoms. The topological polar surface area (TPSA) is 110 Å². The summed E-state index contributed by atoms with van der Waals surface area (Å²) in [6.45, 7) is 2.11. The first-order chi connectivity index (χ1) is 7.46. The third kappa shape index (κ3) is 3.38. The zero-order valence-corrected chi connectivity index (χ0v) is 10.1. The summed E-state index contributed by atoms with van der Waals surface area (Å²) in [4.78, 5) is 0. The second kappa shape index (κ2) is 5.17. The van der Waals surface area contributed by atoms with Crippen LogP contribution < -0.4 is 10.5 Å². The van der Waals surface area contributed by atoms with Crippen molar-refractivity contribution < 1.29 is 13.2 Å². The maximum absolute atomic E-state index is 11.6. The van der Waals surface area contributed by atoms with Crippen molar-refractivity contribution in [1.82, 2.24) is 10.2 Å². The first-order valence-corrected chi connectivity index (χ1v) is 6.41. The van der Waals surface area contributed by atoms with E-state index in [4.69, 9.17) is 10.5 Å². The molecule has 0 amide bonds. The number of nitrogens with one attached hydrogen (secondary N) is 2. The normalized spacial score (nSPS) is 11.6. The minimum absolute atomic E-state index is 0.0216. The molecule has 1 aromatic rings. The van der Waals surface area contributed by atoms with Gasteiger partial charge in [-0.25, -0.2) is 8.42 Å². The first kappa shape index (κ1) is 12.8. The second-order valence-corrected chi connectivity index (χ2v) is 5.22. The van der Waals surface area contributed by atoms with Crippen LogP contribution in [0.3, 0.4) is 0 Å². The van der Waals surface area contributed by atoms with Crippen molar-refractivity contribution in [1.29, 1.82) is 0 Å². The van der Waals surface area contributed by atoms with Crippen molar-refractivity contribution in [3.05, 3.63) is 5.69 Å². The van der Waals surface area contributed by atoms with Gasteiger partial charge in [0.2, 0.25) is 10.0 Å². The highest BCUT2D eigenvalue weighted by Gasteiger charge is 2.14. The van der Waals surface area contributed by atoms with E-state index in [0.29, 0.717) is 24.4 Å². The largest absolute Gasteiger partial charge is 0.394 e. The van der Waals surface area contributed by atoms with Gasteiger partial charge in [-0.1, -0.05) is 0 Å². The molecule has 1 heterocycles. The molecule has 4 N–H and O–H groups in total. The minimum Gasteiger partial charge on any atom is -0.394 e. The Hall–Kier alpha value is -1.28. The number of ether oxygens (including phenoxy) is 1. The minimum atomic E-state index is -3.41. The molecule has 0 aliphatic rings. The average Bonchev–Trinajstić information content (AvgIpc) is 2.49. The predicted molar refractivity (Wildman–Crippen MR) is 61.6 cm³/mol. The Morgan fingerprint density at radius 1 is 1.56 bits per heavy atom. The van der Waals surface area contributed by atoms with Crippen LogP contribution in [0.1, 0.15) is 12.1 Å². The van der Waals surface area contributed by atoms with Gasteiger partial charge in [0.1, 0.15) is 0 Å². The van der Waals surface area contributed by atoms with Crippen molar-refractivity contribution >= 4 is 21.5 Å². The predicted octanol–water partition coefficient (Wildman–Crippen LogP) is 0.0785. The number of rotatable bonds is 6. The fraction of sp³-hybridized carbons (Fsp3) is 0.625. The SMILES string of the molecule is COCCCS(=O)(=O)Nc1n[nH]c(C)c1N. The summed E-state index contributed by atoms with van der Waals surface area (Å²) in [5, 5.41) is 6.36. The number of aromatic nitrogens is 2. The Bertz CT molecular complexity index is 440. The monoisotopic (exact) mass is 248 g/mol. The summed E-state index contributed by atoms with van der Waals surface area (Å²) in [6.07, 6.45) is 0.426. The molecule has 8 heteroatoms. The van der Waals surface area contributed by atoms with Crippen molar-refractivity contribution in [3.63, 3.8) is 0 Å². The van der Waals surface area contributed by atoms with E-state index in [2.05, 4.69) is 14.9 Å². The summed E-state index contributed by atoms with van der Waals surface area (Å²) in [6, 6.07) is 0. The van der Waals surface area contributed by atoms with Gasteiger partial charge in [-0.2, -0.15) is 5.10 Å². The van der Waals surface area contributed by atoms with Crippen LogP contribution in [0.2, 0.25) is 0 Å². The van der Waals surface area contributed by atoms with Crippen LogP contribution in [0.15, 0.2) is 0 Å². The molecule has 0 atom stereocenters. The summed E-state index contributed by atoms with van der Waals surface area (Å²) in [5.74, 6) is 0.126. The van der Waals surface area contributed by atoms with Crippen LogP contribution >= 0.6 is 0 Å². The Kier molecular flexibility index (Phi) is 4.13. The van der Waals surface area contributed by atoms with Gasteiger partial charge in [0.25, 0.3) is 0 Å². The van der Waals surface area contributed by atoms with Crippen molar-refractivity contribution in [3.8, 4) is 0 Å². The first-order valence-electron chi connectivity index (χ1n) is 4.76. The number of aromatic amines is 1. The highest BCUT2D eigenvalue weighted by Crippen LogP contribution is 2.19. The number of anilines is 2. The van der Waals surface area contributed by atoms with Gasteiger partial charge in [0.05, 0.1) is 17.1 Å². The zero-order valence-electron chi connectivity index (χ0n) is 9.28. The number of sulfonamides is 1. The maximum atomic E-state index is 11.6. The Balaban J connectivity index is 2.62. The summed E-state index contributed by atoms with van der Waals surface area (Å²) in [7, 11) is -1.89. The number of hydrogen-bond donors (Lipinski definition) is 3. The van der Waals surface area contributed by atoms with E-state index in [9.17, 15) is 8.42 Å². The number of hydrogen-bond acceptors (Lipinski definition) is 5. The number of nitrogens with two attached hydrogens (primary N) is 1. The van der Waals surface area contributed by atoms with Gasteiger partial charge in [0.15, 0.2) is 5.82 Å². The molecule has 0 aliphatic carbocycles. The van der Waals surface area contributed by atoms with E-state index in [0.717, 1.165) is 0 Å². The average molecular weight is 248 g/mol. The summed E-state index contributed by atoms with van der Waals surface area (Å²) in [5.41, 5.74) is 6.57. The molecule has 0 saturated carbocycles. The van der Waals surface area contributed by atoms with Gasteiger partial charge >= 0.3 is 0 Å². The van der Waals surface area contributed by atoms with E-state index in [1.165, 1.54) is 7.11 Å². The van der Waals surface area contributed by atoms with E-state index in [1.54, 1.807) is 6.92 Å². The lowest BCUT2D eigenvalue weighted by molar-refractivity contribution is 0.199. The fourth-order valence-electron chi connectivity index (χ4n) is 1.11. The van der Waals surface area contributed by atoms with E-state index < -0.39 is 10.0 Å².